The van der Waals surface area contributed by atoms with Gasteiger partial charge in [-0.25, -0.2) is 9.37 Å². The van der Waals surface area contributed by atoms with Crippen LogP contribution >= 0.6 is 11.3 Å². The molecule has 16 heavy (non-hydrogen) atoms. The molecular weight excluding hydrogens is 244 g/mol. The largest absolute Gasteiger partial charge is 0.434 e. The molecule has 1 saturated heterocycles. The van der Waals surface area contributed by atoms with Crippen LogP contribution in [-0.2, 0) is 6.18 Å². The number of thiazole rings is 1. The predicted octanol–water partition coefficient (Wildman–Crippen LogP) is 3.10. The van der Waals surface area contributed by atoms with E-state index in [0.717, 1.165) is 16.7 Å². The van der Waals surface area contributed by atoms with Crippen LogP contribution in [0.2, 0.25) is 0 Å². The molecule has 0 radical (unpaired) electrons. The second kappa shape index (κ2) is 4.20. The number of nitrogens with zero attached hydrogens (tertiary/aromatic N) is 2. The van der Waals surface area contributed by atoms with Gasteiger partial charge in [0.15, 0.2) is 10.8 Å². The summed E-state index contributed by atoms with van der Waals surface area (Å²) >= 11 is 0.957. The SMILES string of the molecule is FC1CCN(c2nc(C(F)(F)F)cs2)CC1. The van der Waals surface area contributed by atoms with E-state index in [2.05, 4.69) is 4.98 Å². The summed E-state index contributed by atoms with van der Waals surface area (Å²) in [7, 11) is 0. The maximum absolute atomic E-state index is 12.8. The van der Waals surface area contributed by atoms with E-state index >= 15 is 0 Å². The van der Waals surface area contributed by atoms with Gasteiger partial charge in [-0.05, 0) is 12.8 Å². The Balaban J connectivity index is 2.08. The molecule has 0 spiro atoms. The molecule has 1 aliphatic rings. The third-order valence-electron chi connectivity index (χ3n) is 2.48. The standard InChI is InChI=1S/C9H10F4N2S/c10-6-1-3-15(4-2-6)8-14-7(5-16-8)9(11,12)13/h5-6H,1-4H2. The van der Waals surface area contributed by atoms with Crippen molar-refractivity contribution in [1.82, 2.24) is 4.98 Å². The first-order chi connectivity index (χ1) is 7.47. The number of hydrogen-bond acceptors (Lipinski definition) is 3. The Morgan fingerprint density at radius 1 is 1.31 bits per heavy atom. The first-order valence-electron chi connectivity index (χ1n) is 4.88. The maximum Gasteiger partial charge on any atom is 0.434 e. The van der Waals surface area contributed by atoms with Crippen LogP contribution in [0.5, 0.6) is 0 Å². The van der Waals surface area contributed by atoms with Crippen LogP contribution in [0.1, 0.15) is 18.5 Å². The summed E-state index contributed by atoms with van der Waals surface area (Å²) in [5.74, 6) is 0. The molecule has 0 bridgehead atoms. The lowest BCUT2D eigenvalue weighted by molar-refractivity contribution is -0.140. The average molecular weight is 254 g/mol. The molecule has 0 unspecified atom stereocenters. The lowest BCUT2D eigenvalue weighted by Gasteiger charge is -2.28. The number of alkyl halides is 4. The fraction of sp³-hybridized carbons (Fsp3) is 0.667. The van der Waals surface area contributed by atoms with Crippen molar-refractivity contribution < 1.29 is 17.6 Å². The van der Waals surface area contributed by atoms with Crippen LogP contribution in [0.4, 0.5) is 22.7 Å². The highest BCUT2D eigenvalue weighted by atomic mass is 32.1. The van der Waals surface area contributed by atoms with E-state index in [-0.39, 0.29) is 0 Å². The van der Waals surface area contributed by atoms with Gasteiger partial charge in [0.05, 0.1) is 0 Å². The summed E-state index contributed by atoms with van der Waals surface area (Å²) < 4.78 is 49.7. The highest BCUT2D eigenvalue weighted by Gasteiger charge is 2.34. The van der Waals surface area contributed by atoms with Crippen molar-refractivity contribution in [2.24, 2.45) is 0 Å². The van der Waals surface area contributed by atoms with Crippen molar-refractivity contribution in [3.63, 3.8) is 0 Å². The average Bonchev–Trinajstić information content (AvgIpc) is 2.67. The van der Waals surface area contributed by atoms with Crippen LogP contribution in [0.25, 0.3) is 0 Å². The van der Waals surface area contributed by atoms with E-state index < -0.39 is 18.0 Å². The molecule has 0 aromatic carbocycles. The Bertz CT molecular complexity index is 355. The maximum atomic E-state index is 12.8. The zero-order valence-corrected chi connectivity index (χ0v) is 9.11. The fourth-order valence-electron chi connectivity index (χ4n) is 1.58. The second-order valence-electron chi connectivity index (χ2n) is 3.67. The van der Waals surface area contributed by atoms with E-state index in [0.29, 0.717) is 31.1 Å². The molecule has 0 aliphatic carbocycles. The third kappa shape index (κ3) is 2.45. The number of rotatable bonds is 1. The van der Waals surface area contributed by atoms with Gasteiger partial charge in [0.1, 0.15) is 6.17 Å². The quantitative estimate of drug-likeness (QED) is 0.716. The number of piperidine rings is 1. The van der Waals surface area contributed by atoms with Gasteiger partial charge in [0.25, 0.3) is 0 Å². The first kappa shape index (κ1) is 11.6. The van der Waals surface area contributed by atoms with Gasteiger partial charge in [0, 0.05) is 18.5 Å². The minimum Gasteiger partial charge on any atom is -0.348 e. The van der Waals surface area contributed by atoms with E-state index in [4.69, 9.17) is 0 Å². The summed E-state index contributed by atoms with van der Waals surface area (Å²) in [6, 6.07) is 0. The van der Waals surface area contributed by atoms with Gasteiger partial charge < -0.3 is 4.90 Å². The molecule has 0 N–H and O–H groups in total. The molecule has 0 amide bonds. The smallest absolute Gasteiger partial charge is 0.348 e. The molecular formula is C9H10F4N2S. The van der Waals surface area contributed by atoms with Gasteiger partial charge >= 0.3 is 6.18 Å². The molecule has 1 fully saturated rings. The molecule has 2 rings (SSSR count). The minimum atomic E-state index is -4.40. The predicted molar refractivity (Wildman–Crippen MR) is 53.5 cm³/mol. The summed E-state index contributed by atoms with van der Waals surface area (Å²) in [5.41, 5.74) is -0.866. The van der Waals surface area contributed by atoms with Crippen molar-refractivity contribution in [3.05, 3.63) is 11.1 Å². The van der Waals surface area contributed by atoms with Crippen molar-refractivity contribution in [1.29, 1.82) is 0 Å². The molecule has 1 aromatic heterocycles. The summed E-state index contributed by atoms with van der Waals surface area (Å²) in [5, 5.41) is 1.33. The number of aromatic nitrogens is 1. The monoisotopic (exact) mass is 254 g/mol. The Kier molecular flexibility index (Phi) is 3.05. The normalized spacial score (nSPS) is 19.1. The van der Waals surface area contributed by atoms with Crippen molar-refractivity contribution in [2.45, 2.75) is 25.2 Å². The van der Waals surface area contributed by atoms with Crippen molar-refractivity contribution in [2.75, 3.05) is 18.0 Å². The number of hydrogen-bond donors (Lipinski definition) is 0. The third-order valence-corrected chi connectivity index (χ3v) is 3.38. The molecule has 2 heterocycles. The van der Waals surface area contributed by atoms with Crippen LogP contribution in [0.15, 0.2) is 5.38 Å². The van der Waals surface area contributed by atoms with E-state index in [9.17, 15) is 17.6 Å². The molecule has 90 valence electrons. The van der Waals surface area contributed by atoms with Crippen LogP contribution in [0, 0.1) is 0 Å². The Morgan fingerprint density at radius 3 is 2.44 bits per heavy atom. The van der Waals surface area contributed by atoms with Crippen LogP contribution in [0.3, 0.4) is 0 Å². The van der Waals surface area contributed by atoms with E-state index in [1.807, 2.05) is 0 Å². The molecule has 1 aromatic rings. The summed E-state index contributed by atoms with van der Waals surface area (Å²) in [6.07, 6.45) is -4.51. The van der Waals surface area contributed by atoms with Gasteiger partial charge in [-0.1, -0.05) is 0 Å². The Hall–Kier alpha value is -0.850. The fourth-order valence-corrected chi connectivity index (χ4v) is 2.47. The van der Waals surface area contributed by atoms with E-state index in [1.165, 1.54) is 0 Å². The number of halogens is 4. The Labute approximate surface area is 93.9 Å². The van der Waals surface area contributed by atoms with Crippen LogP contribution < -0.4 is 4.90 Å². The van der Waals surface area contributed by atoms with E-state index in [1.54, 1.807) is 4.90 Å². The highest BCUT2D eigenvalue weighted by molar-refractivity contribution is 7.13. The highest BCUT2D eigenvalue weighted by Crippen LogP contribution is 2.33. The van der Waals surface area contributed by atoms with Crippen molar-refractivity contribution >= 4 is 16.5 Å². The second-order valence-corrected chi connectivity index (χ2v) is 4.51. The molecule has 1 aliphatic heterocycles. The van der Waals surface area contributed by atoms with Crippen LogP contribution in [-0.4, -0.2) is 24.2 Å². The topological polar surface area (TPSA) is 16.1 Å². The molecule has 7 heteroatoms. The van der Waals surface area contributed by atoms with Gasteiger partial charge in [-0.15, -0.1) is 11.3 Å². The minimum absolute atomic E-state index is 0.333. The molecule has 0 atom stereocenters. The summed E-state index contributed by atoms with van der Waals surface area (Å²) in [4.78, 5) is 5.23. The Morgan fingerprint density at radius 2 is 1.94 bits per heavy atom. The number of anilines is 1. The lowest BCUT2D eigenvalue weighted by atomic mass is 10.1. The zero-order chi connectivity index (χ0) is 11.8. The van der Waals surface area contributed by atoms with Gasteiger partial charge in [0.2, 0.25) is 0 Å². The lowest BCUT2D eigenvalue weighted by Crippen LogP contribution is -2.34. The molecule has 0 saturated carbocycles. The summed E-state index contributed by atoms with van der Waals surface area (Å²) in [6.45, 7) is 0.873. The van der Waals surface area contributed by atoms with Crippen molar-refractivity contribution in [3.8, 4) is 0 Å². The van der Waals surface area contributed by atoms with Gasteiger partial charge in [-0.3, -0.25) is 0 Å². The molecule has 2 nitrogen and oxygen atoms in total. The zero-order valence-electron chi connectivity index (χ0n) is 8.30. The first-order valence-corrected chi connectivity index (χ1v) is 5.76. The van der Waals surface area contributed by atoms with Gasteiger partial charge in [-0.2, -0.15) is 13.2 Å².